The van der Waals surface area contributed by atoms with Crippen molar-refractivity contribution in [1.82, 2.24) is 25.2 Å². The van der Waals surface area contributed by atoms with Crippen LogP contribution in [-0.4, -0.2) is 56.5 Å². The van der Waals surface area contributed by atoms with E-state index in [1.54, 1.807) is 34.8 Å². The Morgan fingerprint density at radius 1 is 1.34 bits per heavy atom. The fraction of sp³-hybridized carbons (Fsp3) is 0.280. The first-order valence-corrected chi connectivity index (χ1v) is 12.6. The van der Waals surface area contributed by atoms with Gasteiger partial charge in [0.1, 0.15) is 24.7 Å². The lowest BCUT2D eigenvalue weighted by molar-refractivity contribution is -0.139. The first-order valence-electron chi connectivity index (χ1n) is 11.7. The van der Waals surface area contributed by atoms with Crippen LogP contribution in [0, 0.1) is 17.0 Å². The lowest BCUT2D eigenvalue weighted by atomic mass is 10.1. The van der Waals surface area contributed by atoms with Crippen LogP contribution < -0.4 is 10.2 Å². The maximum atomic E-state index is 14.9. The molecule has 1 aliphatic rings. The Kier molecular flexibility index (Phi) is 9.14. The summed E-state index contributed by atoms with van der Waals surface area (Å²) in [5, 5.41) is 20.7. The molecule has 1 aromatic carbocycles. The summed E-state index contributed by atoms with van der Waals surface area (Å²) in [4.78, 5) is 15.4. The van der Waals surface area contributed by atoms with Gasteiger partial charge in [0.05, 0.1) is 19.0 Å². The maximum Gasteiger partial charge on any atom is 0.326 e. The van der Waals surface area contributed by atoms with Gasteiger partial charge >= 0.3 is 5.97 Å². The molecule has 2 N–H and O–H groups in total. The van der Waals surface area contributed by atoms with Gasteiger partial charge in [-0.05, 0) is 37.5 Å². The largest absolute Gasteiger partial charge is 0.482 e. The van der Waals surface area contributed by atoms with Crippen LogP contribution >= 0.6 is 11.8 Å². The number of carbonyl (C=O) groups excluding carboxylic acids is 1. The van der Waals surface area contributed by atoms with Gasteiger partial charge in [-0.1, -0.05) is 23.9 Å². The van der Waals surface area contributed by atoms with Crippen molar-refractivity contribution in [2.75, 3.05) is 13.7 Å². The Morgan fingerprint density at radius 2 is 2.21 bits per heavy atom. The molecule has 0 fully saturated rings. The zero-order chi connectivity index (χ0) is 26.9. The van der Waals surface area contributed by atoms with Crippen LogP contribution in [0.1, 0.15) is 30.7 Å². The number of thioether (sulfide) groups is 1. The van der Waals surface area contributed by atoms with Gasteiger partial charge in [0.2, 0.25) is 0 Å². The minimum atomic E-state index is -0.863. The van der Waals surface area contributed by atoms with Crippen LogP contribution in [0.5, 0.6) is 5.75 Å². The van der Waals surface area contributed by atoms with E-state index in [9.17, 15) is 13.6 Å². The summed E-state index contributed by atoms with van der Waals surface area (Å²) in [6.45, 7) is -0.487. The Morgan fingerprint density at radius 3 is 2.92 bits per heavy atom. The smallest absolute Gasteiger partial charge is 0.326 e. The SMILES string of the molecule is COC(=O)CN/N=C(\C=N)c1cc(F)c(OCc2nnc(S[C@H]3C=CCCC3)n2-c2cccnc2)cc1F. The molecule has 0 saturated heterocycles. The van der Waals surface area contributed by atoms with E-state index in [1.165, 1.54) is 7.11 Å². The molecule has 2 heterocycles. The minimum absolute atomic E-state index is 0.190. The number of rotatable bonds is 11. The topological polar surface area (TPSA) is 127 Å². The fourth-order valence-corrected chi connectivity index (χ4v) is 4.79. The van der Waals surface area contributed by atoms with E-state index in [2.05, 4.69) is 42.6 Å². The number of carbonyl (C=O) groups is 1. The van der Waals surface area contributed by atoms with Crippen molar-refractivity contribution in [2.45, 2.75) is 36.3 Å². The molecule has 10 nitrogen and oxygen atoms in total. The number of benzene rings is 1. The number of hydrogen-bond donors (Lipinski definition) is 2. The standard InChI is InChI=1S/C25H25F2N7O3S/c1-36-24(35)14-30-31-21(12-28)18-10-20(27)22(11-19(18)26)37-15-23-32-33-25(38-17-7-3-2-4-8-17)34(23)16-6-5-9-29-13-16/h3,5-7,9-13,17,28,30H,2,4,8,14-15H2,1H3/b28-12?,31-21+/t17-/m0/s1. The number of nitrogens with one attached hydrogen (secondary N) is 2. The average molecular weight is 542 g/mol. The first kappa shape index (κ1) is 26.9. The summed E-state index contributed by atoms with van der Waals surface area (Å²) in [6, 6.07) is 5.38. The van der Waals surface area contributed by atoms with Gasteiger partial charge in [-0.15, -0.1) is 10.2 Å². The number of aromatic nitrogens is 4. The molecule has 0 saturated carbocycles. The van der Waals surface area contributed by atoms with E-state index in [0.717, 1.165) is 37.6 Å². The Bertz CT molecular complexity index is 1350. The number of hydrazone groups is 1. The van der Waals surface area contributed by atoms with Gasteiger partial charge in [0, 0.05) is 29.3 Å². The summed E-state index contributed by atoms with van der Waals surface area (Å²) >= 11 is 1.57. The van der Waals surface area contributed by atoms with Gasteiger partial charge < -0.3 is 14.9 Å². The number of allylic oxidation sites excluding steroid dienone is 1. The molecule has 198 valence electrons. The van der Waals surface area contributed by atoms with Gasteiger partial charge in [-0.25, -0.2) is 8.78 Å². The van der Waals surface area contributed by atoms with Crippen molar-refractivity contribution in [3.8, 4) is 11.4 Å². The number of hydrogen-bond acceptors (Lipinski definition) is 10. The van der Waals surface area contributed by atoms with E-state index >= 15 is 0 Å². The van der Waals surface area contributed by atoms with E-state index in [-0.39, 0.29) is 35.4 Å². The summed E-state index contributed by atoms with van der Waals surface area (Å²) in [6.07, 6.45) is 11.5. The number of ether oxygens (including phenoxy) is 2. The second-order valence-corrected chi connectivity index (χ2v) is 9.27. The molecule has 3 aromatic rings. The zero-order valence-electron chi connectivity index (χ0n) is 20.4. The lowest BCUT2D eigenvalue weighted by Gasteiger charge is -2.16. The molecule has 1 atom stereocenters. The quantitative estimate of drug-likeness (QED) is 0.162. The predicted octanol–water partition coefficient (Wildman–Crippen LogP) is 3.84. The molecule has 13 heteroatoms. The fourth-order valence-electron chi connectivity index (χ4n) is 3.64. The number of nitrogens with zero attached hydrogens (tertiary/aromatic N) is 5. The van der Waals surface area contributed by atoms with Crippen molar-refractivity contribution in [3.63, 3.8) is 0 Å². The van der Waals surface area contributed by atoms with E-state index in [0.29, 0.717) is 16.7 Å². The van der Waals surface area contributed by atoms with Crippen molar-refractivity contribution < 1.29 is 23.0 Å². The molecule has 1 aliphatic carbocycles. The highest BCUT2D eigenvalue weighted by Crippen LogP contribution is 2.31. The maximum absolute atomic E-state index is 14.9. The van der Waals surface area contributed by atoms with Crippen LogP contribution in [0.15, 0.2) is 59.1 Å². The summed E-state index contributed by atoms with van der Waals surface area (Å²) in [5.41, 5.74) is 2.58. The Hall–Kier alpha value is -4.13. The molecule has 2 aromatic heterocycles. The molecule has 0 bridgehead atoms. The van der Waals surface area contributed by atoms with E-state index < -0.39 is 17.6 Å². The highest BCUT2D eigenvalue weighted by Gasteiger charge is 2.21. The number of halogens is 2. The predicted molar refractivity (Wildman–Crippen MR) is 138 cm³/mol. The van der Waals surface area contributed by atoms with Crippen LogP contribution in [-0.2, 0) is 16.1 Å². The van der Waals surface area contributed by atoms with Gasteiger partial charge in [0.25, 0.3) is 0 Å². The molecule has 0 amide bonds. The molecule has 0 radical (unpaired) electrons. The third kappa shape index (κ3) is 6.59. The van der Waals surface area contributed by atoms with E-state index in [1.807, 2.05) is 6.07 Å². The van der Waals surface area contributed by atoms with E-state index in [4.69, 9.17) is 10.1 Å². The van der Waals surface area contributed by atoms with Crippen molar-refractivity contribution in [3.05, 3.63) is 71.8 Å². The highest BCUT2D eigenvalue weighted by molar-refractivity contribution is 7.99. The second-order valence-electron chi connectivity index (χ2n) is 8.06. The molecule has 0 aliphatic heterocycles. The molecular weight excluding hydrogens is 516 g/mol. The molecular formula is C25H25F2N7O3S. The van der Waals surface area contributed by atoms with Crippen molar-refractivity contribution in [1.29, 1.82) is 5.41 Å². The van der Waals surface area contributed by atoms with Gasteiger partial charge in [-0.2, -0.15) is 5.10 Å². The van der Waals surface area contributed by atoms with Crippen molar-refractivity contribution >= 4 is 29.7 Å². The van der Waals surface area contributed by atoms with Gasteiger partial charge in [0.15, 0.2) is 22.5 Å². The molecule has 0 spiro atoms. The summed E-state index contributed by atoms with van der Waals surface area (Å²) < 4.78 is 41.6. The average Bonchev–Trinajstić information content (AvgIpc) is 3.34. The van der Waals surface area contributed by atoms with Crippen molar-refractivity contribution in [2.24, 2.45) is 5.10 Å². The van der Waals surface area contributed by atoms with Crippen LogP contribution in [0.3, 0.4) is 0 Å². The number of esters is 1. The monoisotopic (exact) mass is 541 g/mol. The molecule has 4 rings (SSSR count). The Labute approximate surface area is 221 Å². The molecule has 0 unspecified atom stereocenters. The third-order valence-corrected chi connectivity index (χ3v) is 6.68. The summed E-state index contributed by atoms with van der Waals surface area (Å²) in [5.74, 6) is -2.29. The second kappa shape index (κ2) is 12.9. The normalized spacial score (nSPS) is 15.2. The van der Waals surface area contributed by atoms with Crippen LogP contribution in [0.4, 0.5) is 8.78 Å². The number of pyridine rings is 1. The highest BCUT2D eigenvalue weighted by atomic mass is 32.2. The van der Waals surface area contributed by atoms with Crippen LogP contribution in [0.2, 0.25) is 0 Å². The number of methoxy groups -OCH3 is 1. The lowest BCUT2D eigenvalue weighted by Crippen LogP contribution is -2.22. The first-order chi connectivity index (χ1) is 18.5. The zero-order valence-corrected chi connectivity index (χ0v) is 21.3. The summed E-state index contributed by atoms with van der Waals surface area (Å²) in [7, 11) is 1.20. The third-order valence-electron chi connectivity index (χ3n) is 5.51. The molecule has 38 heavy (non-hydrogen) atoms. The van der Waals surface area contributed by atoms with Crippen LogP contribution in [0.25, 0.3) is 5.69 Å². The van der Waals surface area contributed by atoms with Gasteiger partial charge in [-0.3, -0.25) is 19.8 Å². The Balaban J connectivity index is 1.54. The minimum Gasteiger partial charge on any atom is -0.482 e.